The van der Waals surface area contributed by atoms with Gasteiger partial charge in [0, 0.05) is 18.1 Å². The smallest absolute Gasteiger partial charge is 0.303 e. The normalized spacial score (nSPS) is 14.2. The monoisotopic (exact) mass is 422 g/mol. The van der Waals surface area contributed by atoms with Gasteiger partial charge in [-0.25, -0.2) is 8.78 Å². The zero-order valence-corrected chi connectivity index (χ0v) is 17.1. The number of thioether (sulfide) groups is 1. The topological polar surface area (TPSA) is 55.8 Å². The number of carboxylic acid groups (broad SMARTS) is 1. The molecule has 0 heterocycles. The van der Waals surface area contributed by atoms with Gasteiger partial charge in [-0.15, -0.1) is 11.8 Å². The van der Waals surface area contributed by atoms with Crippen LogP contribution in [0.4, 0.5) is 8.78 Å². The second-order valence-electron chi connectivity index (χ2n) is 7.00. The minimum Gasteiger partial charge on any atom is -0.497 e. The first kappa shape index (κ1) is 21.4. The van der Waals surface area contributed by atoms with E-state index in [1.165, 1.54) is 12.1 Å². The van der Waals surface area contributed by atoms with Crippen molar-refractivity contribution in [1.29, 1.82) is 0 Å². The van der Waals surface area contributed by atoms with E-state index in [2.05, 4.69) is 0 Å². The Balaban J connectivity index is 1.84. The van der Waals surface area contributed by atoms with E-state index >= 15 is 0 Å². The first-order valence-corrected chi connectivity index (χ1v) is 10.6. The number of carbonyl (C=O) groups is 1. The quantitative estimate of drug-likeness (QED) is 0.402. The van der Waals surface area contributed by atoms with Crippen LogP contribution in [0.15, 0.2) is 35.2 Å². The van der Waals surface area contributed by atoms with E-state index in [0.717, 1.165) is 37.4 Å². The predicted molar refractivity (Wildman–Crippen MR) is 109 cm³/mol. The number of ether oxygens (including phenoxy) is 2. The molecular weight excluding hydrogens is 398 g/mol. The summed E-state index contributed by atoms with van der Waals surface area (Å²) in [6.07, 6.45) is 4.57. The highest BCUT2D eigenvalue weighted by molar-refractivity contribution is 7.99. The molecule has 0 saturated heterocycles. The Morgan fingerprint density at radius 2 is 1.86 bits per heavy atom. The van der Waals surface area contributed by atoms with E-state index in [-0.39, 0.29) is 17.4 Å². The van der Waals surface area contributed by atoms with Crippen molar-refractivity contribution in [2.24, 2.45) is 0 Å². The molecule has 1 saturated carbocycles. The fraction of sp³-hybridized carbons (Fsp3) is 0.409. The molecule has 2 aromatic rings. The molecule has 0 radical (unpaired) electrons. The molecule has 0 bridgehead atoms. The van der Waals surface area contributed by atoms with Crippen molar-refractivity contribution >= 4 is 17.7 Å². The highest BCUT2D eigenvalue weighted by Crippen LogP contribution is 2.38. The van der Waals surface area contributed by atoms with E-state index in [4.69, 9.17) is 14.6 Å². The average molecular weight is 422 g/mol. The van der Waals surface area contributed by atoms with Gasteiger partial charge in [-0.3, -0.25) is 4.79 Å². The molecule has 29 heavy (non-hydrogen) atoms. The van der Waals surface area contributed by atoms with E-state index < -0.39 is 17.6 Å². The van der Waals surface area contributed by atoms with Gasteiger partial charge in [0.05, 0.1) is 18.1 Å². The number of carboxylic acids is 1. The molecule has 1 aliphatic carbocycles. The van der Waals surface area contributed by atoms with Crippen LogP contribution in [0.25, 0.3) is 11.1 Å². The average Bonchev–Trinajstić information content (AvgIpc) is 3.19. The van der Waals surface area contributed by atoms with Crippen LogP contribution in [-0.2, 0) is 4.79 Å². The molecule has 1 fully saturated rings. The van der Waals surface area contributed by atoms with Crippen LogP contribution >= 0.6 is 11.8 Å². The van der Waals surface area contributed by atoms with E-state index in [0.29, 0.717) is 34.8 Å². The summed E-state index contributed by atoms with van der Waals surface area (Å²) in [4.78, 5) is 10.5. The lowest BCUT2D eigenvalue weighted by atomic mass is 10.0. The lowest BCUT2D eigenvalue weighted by molar-refractivity contribution is -0.137. The summed E-state index contributed by atoms with van der Waals surface area (Å²) in [5.41, 5.74) is 1.00. The second-order valence-corrected chi connectivity index (χ2v) is 8.11. The van der Waals surface area contributed by atoms with Crippen molar-refractivity contribution in [2.75, 3.05) is 12.9 Å². The summed E-state index contributed by atoms with van der Waals surface area (Å²) < 4.78 is 40.6. The molecule has 2 aromatic carbocycles. The summed E-state index contributed by atoms with van der Waals surface area (Å²) in [6.45, 7) is 0. The number of methoxy groups -OCH3 is 1. The molecule has 0 atom stereocenters. The lowest BCUT2D eigenvalue weighted by Crippen LogP contribution is -2.11. The van der Waals surface area contributed by atoms with Crippen molar-refractivity contribution in [3.63, 3.8) is 0 Å². The Bertz CT molecular complexity index is 843. The molecule has 4 nitrogen and oxygen atoms in total. The Morgan fingerprint density at radius 3 is 2.48 bits per heavy atom. The number of rotatable bonds is 9. The van der Waals surface area contributed by atoms with Gasteiger partial charge < -0.3 is 14.6 Å². The first-order chi connectivity index (χ1) is 14.0. The number of halogens is 2. The van der Waals surface area contributed by atoms with Crippen molar-refractivity contribution in [3.05, 3.63) is 42.0 Å². The maximum Gasteiger partial charge on any atom is 0.303 e. The largest absolute Gasteiger partial charge is 0.497 e. The van der Waals surface area contributed by atoms with E-state index in [9.17, 15) is 13.6 Å². The van der Waals surface area contributed by atoms with Gasteiger partial charge in [0.25, 0.3) is 0 Å². The Labute approximate surface area is 173 Å². The van der Waals surface area contributed by atoms with Crippen molar-refractivity contribution < 1.29 is 28.2 Å². The first-order valence-electron chi connectivity index (χ1n) is 9.66. The molecular formula is C22H24F2O4S. The number of hydrogen-bond acceptors (Lipinski definition) is 4. The van der Waals surface area contributed by atoms with Crippen LogP contribution in [0.3, 0.4) is 0 Å². The molecule has 0 aromatic heterocycles. The van der Waals surface area contributed by atoms with Gasteiger partial charge in [0.15, 0.2) is 0 Å². The zero-order valence-electron chi connectivity index (χ0n) is 16.2. The Hall–Kier alpha value is -2.28. The summed E-state index contributed by atoms with van der Waals surface area (Å²) in [5.74, 6) is -0.745. The highest BCUT2D eigenvalue weighted by Gasteiger charge is 2.20. The Morgan fingerprint density at radius 1 is 1.17 bits per heavy atom. The van der Waals surface area contributed by atoms with Crippen molar-refractivity contribution in [3.8, 4) is 22.6 Å². The van der Waals surface area contributed by atoms with Gasteiger partial charge in [0.2, 0.25) is 0 Å². The minimum atomic E-state index is -0.920. The Kier molecular flexibility index (Phi) is 7.36. The molecule has 0 unspecified atom stereocenters. The summed E-state index contributed by atoms with van der Waals surface area (Å²) in [6, 6.07) is 7.83. The zero-order chi connectivity index (χ0) is 20.8. The fourth-order valence-corrected chi connectivity index (χ4v) is 4.29. The van der Waals surface area contributed by atoms with Crippen LogP contribution in [-0.4, -0.2) is 30.0 Å². The number of aliphatic carboxylic acids is 1. The van der Waals surface area contributed by atoms with Crippen molar-refractivity contribution in [2.45, 2.75) is 49.5 Å². The molecule has 0 amide bonds. The predicted octanol–water partition coefficient (Wildman–Crippen LogP) is 5.92. The van der Waals surface area contributed by atoms with Crippen LogP contribution in [0, 0.1) is 11.6 Å². The van der Waals surface area contributed by atoms with Gasteiger partial charge >= 0.3 is 5.97 Å². The number of hydrogen-bond donors (Lipinski definition) is 1. The van der Waals surface area contributed by atoms with Gasteiger partial charge in [-0.1, -0.05) is 0 Å². The standard InChI is InChI=1S/C22H24F2O4S/c1-27-16-8-9-17(20(13-16)28-15-5-2-3-6-15)14-11-18(23)22(19(24)12-14)29-10-4-7-21(25)26/h8-9,11-13,15H,2-7,10H2,1H3,(H,25,26). The van der Waals surface area contributed by atoms with Crippen LogP contribution in [0.2, 0.25) is 0 Å². The van der Waals surface area contributed by atoms with Gasteiger partial charge in [0.1, 0.15) is 23.1 Å². The SMILES string of the molecule is COc1ccc(-c2cc(F)c(SCCCC(=O)O)c(F)c2)c(OC2CCCC2)c1. The molecule has 1 aliphatic rings. The van der Waals surface area contributed by atoms with Gasteiger partial charge in [-0.2, -0.15) is 0 Å². The fourth-order valence-electron chi connectivity index (χ4n) is 3.40. The van der Waals surface area contributed by atoms with E-state index in [1.54, 1.807) is 25.3 Å². The van der Waals surface area contributed by atoms with Crippen molar-refractivity contribution in [1.82, 2.24) is 0 Å². The van der Waals surface area contributed by atoms with Crippen LogP contribution < -0.4 is 9.47 Å². The third-order valence-electron chi connectivity index (χ3n) is 4.88. The highest BCUT2D eigenvalue weighted by atomic mass is 32.2. The maximum absolute atomic E-state index is 14.6. The van der Waals surface area contributed by atoms with E-state index in [1.807, 2.05) is 0 Å². The summed E-state index contributed by atoms with van der Waals surface area (Å²) >= 11 is 0.991. The number of benzene rings is 2. The second kappa shape index (κ2) is 9.96. The molecule has 156 valence electrons. The summed E-state index contributed by atoms with van der Waals surface area (Å²) in [5, 5.41) is 8.67. The third kappa shape index (κ3) is 5.63. The maximum atomic E-state index is 14.6. The third-order valence-corrected chi connectivity index (χ3v) is 6.05. The van der Waals surface area contributed by atoms with Crippen LogP contribution in [0.1, 0.15) is 38.5 Å². The minimum absolute atomic E-state index is 0.0258. The lowest BCUT2D eigenvalue weighted by Gasteiger charge is -2.18. The summed E-state index contributed by atoms with van der Waals surface area (Å²) in [7, 11) is 1.56. The van der Waals surface area contributed by atoms with Crippen LogP contribution in [0.5, 0.6) is 11.5 Å². The van der Waals surface area contributed by atoms with Gasteiger partial charge in [-0.05, 0) is 67.7 Å². The molecule has 1 N–H and O–H groups in total. The molecule has 0 aliphatic heterocycles. The molecule has 3 rings (SSSR count). The molecule has 0 spiro atoms. The molecule has 7 heteroatoms.